The summed E-state index contributed by atoms with van der Waals surface area (Å²) in [4.78, 5) is 24.8. The van der Waals surface area contributed by atoms with Crippen LogP contribution in [0.25, 0.3) is 10.8 Å². The smallest absolute Gasteiger partial charge is 0.412 e. The van der Waals surface area contributed by atoms with Crippen LogP contribution in [0.3, 0.4) is 0 Å². The lowest BCUT2D eigenvalue weighted by atomic mass is 9.80. The van der Waals surface area contributed by atoms with Crippen molar-refractivity contribution in [2.75, 3.05) is 5.32 Å². The van der Waals surface area contributed by atoms with E-state index in [0.717, 1.165) is 22.8 Å². The SMILES string of the molecule is CC(C)(C)OC(=O)Nc1c(C[C@]2(C#N)CCCC2=O)ccc2ccccc12. The molecule has 1 aliphatic rings. The maximum absolute atomic E-state index is 12.4. The molecule has 0 aliphatic heterocycles. The number of amides is 1. The van der Waals surface area contributed by atoms with Gasteiger partial charge in [0.1, 0.15) is 11.0 Å². The van der Waals surface area contributed by atoms with Crippen LogP contribution in [0, 0.1) is 16.7 Å². The zero-order valence-corrected chi connectivity index (χ0v) is 16.0. The molecule has 0 radical (unpaired) electrons. The van der Waals surface area contributed by atoms with Crippen molar-refractivity contribution in [3.8, 4) is 6.07 Å². The van der Waals surface area contributed by atoms with Gasteiger partial charge in [0.15, 0.2) is 5.78 Å². The zero-order valence-electron chi connectivity index (χ0n) is 16.0. The summed E-state index contributed by atoms with van der Waals surface area (Å²) in [5.74, 6) is -0.0126. The Balaban J connectivity index is 2.03. The second-order valence-electron chi connectivity index (χ2n) is 8.10. The van der Waals surface area contributed by atoms with E-state index in [1.165, 1.54) is 0 Å². The van der Waals surface area contributed by atoms with Gasteiger partial charge in [-0.2, -0.15) is 5.26 Å². The third-order valence-electron chi connectivity index (χ3n) is 4.89. The summed E-state index contributed by atoms with van der Waals surface area (Å²) in [6.07, 6.45) is 1.47. The molecule has 0 heterocycles. The van der Waals surface area contributed by atoms with Gasteiger partial charge in [0, 0.05) is 18.2 Å². The maximum Gasteiger partial charge on any atom is 0.412 e. The molecular weight excluding hydrogens is 340 g/mol. The predicted octanol–water partition coefficient (Wildman–Crippen LogP) is 4.99. The second kappa shape index (κ2) is 7.03. The van der Waals surface area contributed by atoms with Crippen LogP contribution >= 0.6 is 0 Å². The van der Waals surface area contributed by atoms with Gasteiger partial charge in [-0.25, -0.2) is 4.79 Å². The minimum Gasteiger partial charge on any atom is -0.444 e. The summed E-state index contributed by atoms with van der Waals surface area (Å²) >= 11 is 0. The fourth-order valence-corrected chi connectivity index (χ4v) is 3.62. The minimum absolute atomic E-state index is 0.0126. The Bertz CT molecular complexity index is 937. The lowest BCUT2D eigenvalue weighted by Gasteiger charge is -2.24. The first-order chi connectivity index (χ1) is 12.7. The summed E-state index contributed by atoms with van der Waals surface area (Å²) in [6.45, 7) is 5.41. The highest BCUT2D eigenvalue weighted by Gasteiger charge is 2.43. The summed E-state index contributed by atoms with van der Waals surface area (Å²) in [5, 5.41) is 14.4. The first kappa shape index (κ1) is 18.9. The van der Waals surface area contributed by atoms with E-state index in [4.69, 9.17) is 4.74 Å². The summed E-state index contributed by atoms with van der Waals surface area (Å²) in [5.41, 5.74) is -0.246. The Morgan fingerprint density at radius 1 is 1.26 bits per heavy atom. The van der Waals surface area contributed by atoms with E-state index in [1.807, 2.05) is 36.4 Å². The number of nitrogens with one attached hydrogen (secondary N) is 1. The summed E-state index contributed by atoms with van der Waals surface area (Å²) < 4.78 is 5.41. The van der Waals surface area contributed by atoms with Gasteiger partial charge in [-0.3, -0.25) is 10.1 Å². The lowest BCUT2D eigenvalue weighted by molar-refractivity contribution is -0.123. The average molecular weight is 364 g/mol. The van der Waals surface area contributed by atoms with Crippen molar-refractivity contribution in [2.45, 2.75) is 52.1 Å². The Hall–Kier alpha value is -2.87. The van der Waals surface area contributed by atoms with Crippen LogP contribution < -0.4 is 5.32 Å². The van der Waals surface area contributed by atoms with Crippen LogP contribution in [-0.2, 0) is 16.0 Å². The van der Waals surface area contributed by atoms with Crippen molar-refractivity contribution in [1.29, 1.82) is 5.26 Å². The number of carbonyl (C=O) groups is 2. The fraction of sp³-hybridized carbons (Fsp3) is 0.409. The number of carbonyl (C=O) groups excluding carboxylic acids is 2. The third kappa shape index (κ3) is 3.95. The number of rotatable bonds is 3. The van der Waals surface area contributed by atoms with Gasteiger partial charge >= 0.3 is 6.09 Å². The number of nitriles is 1. The molecule has 2 aromatic carbocycles. The van der Waals surface area contributed by atoms with Gasteiger partial charge in [-0.15, -0.1) is 0 Å². The standard InChI is InChI=1S/C22H24N2O3/c1-21(2,3)27-20(26)24-19-16(11-10-15-7-4-5-8-17(15)19)13-22(14-23)12-6-9-18(22)25/h4-5,7-8,10-11H,6,9,12-13H2,1-3H3,(H,24,26)/t22-/m0/s1. The molecule has 1 atom stereocenters. The number of hydrogen-bond acceptors (Lipinski definition) is 4. The molecule has 1 N–H and O–H groups in total. The number of ether oxygens (including phenoxy) is 1. The fourth-order valence-electron chi connectivity index (χ4n) is 3.62. The van der Waals surface area contributed by atoms with Crippen LogP contribution in [-0.4, -0.2) is 17.5 Å². The number of Topliss-reactive ketones (excluding diaryl/α,β-unsaturated/α-hetero) is 1. The molecule has 1 saturated carbocycles. The Labute approximate surface area is 159 Å². The van der Waals surface area contributed by atoms with E-state index in [0.29, 0.717) is 18.5 Å². The predicted molar refractivity (Wildman–Crippen MR) is 104 cm³/mol. The van der Waals surface area contributed by atoms with Gasteiger partial charge in [0.2, 0.25) is 0 Å². The van der Waals surface area contributed by atoms with E-state index < -0.39 is 17.1 Å². The van der Waals surface area contributed by atoms with Gasteiger partial charge in [0.25, 0.3) is 0 Å². The van der Waals surface area contributed by atoms with Crippen LogP contribution in [0.5, 0.6) is 0 Å². The van der Waals surface area contributed by atoms with Gasteiger partial charge in [-0.1, -0.05) is 36.4 Å². The molecule has 0 spiro atoms. The molecule has 1 amide bonds. The quantitative estimate of drug-likeness (QED) is 0.832. The normalized spacial score (nSPS) is 19.7. The van der Waals surface area contributed by atoms with E-state index in [1.54, 1.807) is 20.8 Å². The van der Waals surface area contributed by atoms with Crippen molar-refractivity contribution < 1.29 is 14.3 Å². The first-order valence-electron chi connectivity index (χ1n) is 9.19. The monoisotopic (exact) mass is 364 g/mol. The first-order valence-corrected chi connectivity index (χ1v) is 9.19. The highest BCUT2D eigenvalue weighted by Crippen LogP contribution is 2.40. The van der Waals surface area contributed by atoms with Crippen LogP contribution in [0.15, 0.2) is 36.4 Å². The Kier molecular flexibility index (Phi) is 4.93. The highest BCUT2D eigenvalue weighted by molar-refractivity contribution is 6.02. The number of ketones is 1. The third-order valence-corrected chi connectivity index (χ3v) is 4.89. The molecule has 0 saturated heterocycles. The molecule has 2 aromatic rings. The van der Waals surface area contributed by atoms with Gasteiger partial charge in [-0.05, 0) is 44.6 Å². The van der Waals surface area contributed by atoms with Crippen LogP contribution in [0.1, 0.15) is 45.6 Å². The number of hydrogen-bond donors (Lipinski definition) is 1. The molecule has 0 unspecified atom stereocenters. The summed E-state index contributed by atoms with van der Waals surface area (Å²) in [7, 11) is 0. The number of nitrogens with zero attached hydrogens (tertiary/aromatic N) is 1. The molecule has 27 heavy (non-hydrogen) atoms. The van der Waals surface area contributed by atoms with E-state index in [-0.39, 0.29) is 12.2 Å². The zero-order chi connectivity index (χ0) is 19.7. The molecule has 0 aromatic heterocycles. The Morgan fingerprint density at radius 3 is 2.63 bits per heavy atom. The van der Waals surface area contributed by atoms with Crippen molar-refractivity contribution in [3.05, 3.63) is 42.0 Å². The molecule has 0 bridgehead atoms. The van der Waals surface area contributed by atoms with Crippen LogP contribution in [0.4, 0.5) is 10.5 Å². The van der Waals surface area contributed by atoms with E-state index >= 15 is 0 Å². The highest BCUT2D eigenvalue weighted by atomic mass is 16.6. The molecule has 3 rings (SSSR count). The number of benzene rings is 2. The minimum atomic E-state index is -1.01. The Morgan fingerprint density at radius 2 is 2.00 bits per heavy atom. The van der Waals surface area contributed by atoms with E-state index in [9.17, 15) is 14.9 Å². The van der Waals surface area contributed by atoms with Crippen molar-refractivity contribution in [3.63, 3.8) is 0 Å². The van der Waals surface area contributed by atoms with Gasteiger partial charge in [0.05, 0.1) is 11.8 Å². The van der Waals surface area contributed by atoms with Crippen molar-refractivity contribution in [2.24, 2.45) is 5.41 Å². The maximum atomic E-state index is 12.4. The van der Waals surface area contributed by atoms with Gasteiger partial charge < -0.3 is 4.74 Å². The van der Waals surface area contributed by atoms with Crippen LogP contribution in [0.2, 0.25) is 0 Å². The molecule has 140 valence electrons. The largest absolute Gasteiger partial charge is 0.444 e. The second-order valence-corrected chi connectivity index (χ2v) is 8.10. The number of fused-ring (bicyclic) bond motifs is 1. The van der Waals surface area contributed by atoms with Crippen molar-refractivity contribution in [1.82, 2.24) is 0 Å². The topological polar surface area (TPSA) is 79.2 Å². The lowest BCUT2D eigenvalue weighted by Crippen LogP contribution is -2.29. The average Bonchev–Trinajstić information content (AvgIpc) is 2.96. The molecule has 5 heteroatoms. The molecule has 1 aliphatic carbocycles. The van der Waals surface area contributed by atoms with Crippen molar-refractivity contribution >= 4 is 28.3 Å². The van der Waals surface area contributed by atoms with E-state index in [2.05, 4.69) is 11.4 Å². The molecular formula is C22H24N2O3. The molecule has 5 nitrogen and oxygen atoms in total. The number of anilines is 1. The summed E-state index contributed by atoms with van der Waals surface area (Å²) in [6, 6.07) is 13.8. The molecule has 1 fully saturated rings.